The minimum Gasteiger partial charge on any atom is -0.495 e. The lowest BCUT2D eigenvalue weighted by atomic mass is 9.86. The summed E-state index contributed by atoms with van der Waals surface area (Å²) in [6.45, 7) is 0.507. The Morgan fingerprint density at radius 1 is 1.45 bits per heavy atom. The normalized spacial score (nSPS) is 22.3. The van der Waals surface area contributed by atoms with E-state index in [0.29, 0.717) is 23.5 Å². The Morgan fingerprint density at radius 3 is 2.90 bits per heavy atom. The third-order valence-corrected chi connectivity index (χ3v) is 3.89. The lowest BCUT2D eigenvalue weighted by molar-refractivity contribution is 0.0663. The number of benzene rings is 1. The van der Waals surface area contributed by atoms with E-state index in [0.717, 1.165) is 25.7 Å². The van der Waals surface area contributed by atoms with E-state index in [9.17, 15) is 9.90 Å². The topological polar surface area (TPSA) is 84.6 Å². The van der Waals surface area contributed by atoms with Crippen LogP contribution in [0.2, 0.25) is 0 Å². The number of nitrogens with one attached hydrogen (secondary N) is 1. The first kappa shape index (κ1) is 14.7. The molecule has 0 radical (unpaired) electrons. The van der Waals surface area contributed by atoms with Gasteiger partial charge in [-0.25, -0.2) is 0 Å². The molecule has 4 N–H and O–H groups in total. The molecule has 0 aromatic heterocycles. The molecule has 0 spiro atoms. The molecule has 5 heteroatoms. The molecule has 110 valence electrons. The summed E-state index contributed by atoms with van der Waals surface area (Å²) < 4.78 is 5.10. The van der Waals surface area contributed by atoms with Gasteiger partial charge in [0.25, 0.3) is 5.91 Å². The Morgan fingerprint density at radius 2 is 2.20 bits per heavy atom. The number of carbonyl (C=O) groups is 1. The molecule has 0 unspecified atom stereocenters. The van der Waals surface area contributed by atoms with Gasteiger partial charge in [-0.2, -0.15) is 0 Å². The van der Waals surface area contributed by atoms with Gasteiger partial charge in [0.2, 0.25) is 0 Å². The third kappa shape index (κ3) is 3.42. The van der Waals surface area contributed by atoms with E-state index in [-0.39, 0.29) is 17.9 Å². The third-order valence-electron chi connectivity index (χ3n) is 3.89. The number of anilines is 1. The second-order valence-corrected chi connectivity index (χ2v) is 5.28. The first-order chi connectivity index (χ1) is 9.61. The lowest BCUT2D eigenvalue weighted by Gasteiger charge is -2.27. The molecule has 0 saturated heterocycles. The molecule has 0 aliphatic heterocycles. The number of methoxy groups -OCH3 is 1. The summed E-state index contributed by atoms with van der Waals surface area (Å²) in [5.74, 6) is 0.486. The summed E-state index contributed by atoms with van der Waals surface area (Å²) in [7, 11) is 1.52. The average Bonchev–Trinajstić information content (AvgIpc) is 2.46. The van der Waals surface area contributed by atoms with Gasteiger partial charge in [0.15, 0.2) is 0 Å². The monoisotopic (exact) mass is 278 g/mol. The van der Waals surface area contributed by atoms with Crippen LogP contribution in [0.3, 0.4) is 0 Å². The Balaban J connectivity index is 1.94. The van der Waals surface area contributed by atoms with E-state index in [1.54, 1.807) is 18.2 Å². The van der Waals surface area contributed by atoms with Gasteiger partial charge in [0.05, 0.1) is 18.9 Å². The summed E-state index contributed by atoms with van der Waals surface area (Å²) in [5.41, 5.74) is 6.74. The number of hydrogen-bond acceptors (Lipinski definition) is 4. The van der Waals surface area contributed by atoms with Crippen molar-refractivity contribution >= 4 is 11.6 Å². The van der Waals surface area contributed by atoms with Crippen LogP contribution in [0.4, 0.5) is 5.69 Å². The van der Waals surface area contributed by atoms with Crippen molar-refractivity contribution in [1.82, 2.24) is 5.32 Å². The maximum absolute atomic E-state index is 12.1. The van der Waals surface area contributed by atoms with E-state index in [2.05, 4.69) is 5.32 Å². The highest BCUT2D eigenvalue weighted by molar-refractivity contribution is 5.95. The number of nitrogen functional groups attached to an aromatic ring is 1. The molecule has 1 saturated carbocycles. The average molecular weight is 278 g/mol. The van der Waals surface area contributed by atoms with Gasteiger partial charge in [0, 0.05) is 18.0 Å². The van der Waals surface area contributed by atoms with E-state index >= 15 is 0 Å². The van der Waals surface area contributed by atoms with Crippen molar-refractivity contribution in [3.05, 3.63) is 23.8 Å². The zero-order chi connectivity index (χ0) is 14.5. The zero-order valence-corrected chi connectivity index (χ0v) is 11.8. The molecule has 1 aromatic carbocycles. The number of carbonyl (C=O) groups excluding carboxylic acids is 1. The highest BCUT2D eigenvalue weighted by Crippen LogP contribution is 2.24. The molecule has 2 rings (SSSR count). The maximum atomic E-state index is 12.1. The fourth-order valence-electron chi connectivity index (χ4n) is 2.60. The molecule has 1 aliphatic carbocycles. The Labute approximate surface area is 119 Å². The van der Waals surface area contributed by atoms with Crippen LogP contribution in [0.25, 0.3) is 0 Å². The molecule has 1 fully saturated rings. The lowest BCUT2D eigenvalue weighted by Crippen LogP contribution is -2.36. The number of rotatable bonds is 4. The van der Waals surface area contributed by atoms with Crippen molar-refractivity contribution in [2.24, 2.45) is 5.92 Å². The molecule has 20 heavy (non-hydrogen) atoms. The van der Waals surface area contributed by atoms with Gasteiger partial charge in [-0.15, -0.1) is 0 Å². The Bertz CT molecular complexity index is 476. The van der Waals surface area contributed by atoms with Crippen molar-refractivity contribution in [2.75, 3.05) is 19.4 Å². The van der Waals surface area contributed by atoms with Gasteiger partial charge in [-0.3, -0.25) is 4.79 Å². The van der Waals surface area contributed by atoms with Crippen LogP contribution in [-0.4, -0.2) is 30.8 Å². The van der Waals surface area contributed by atoms with Gasteiger partial charge >= 0.3 is 0 Å². The predicted molar refractivity (Wildman–Crippen MR) is 77.7 cm³/mol. The van der Waals surface area contributed by atoms with Gasteiger partial charge in [-0.1, -0.05) is 12.8 Å². The van der Waals surface area contributed by atoms with Crippen molar-refractivity contribution in [3.63, 3.8) is 0 Å². The fourth-order valence-corrected chi connectivity index (χ4v) is 2.60. The molecular weight excluding hydrogens is 256 g/mol. The largest absolute Gasteiger partial charge is 0.495 e. The standard InChI is InChI=1S/C15H22N2O3/c1-20-14-8-10(6-7-12(14)16)15(19)17-9-11-4-2-3-5-13(11)18/h6-8,11,13,18H,2-5,9,16H2,1H3,(H,17,19)/t11-,13+/m0/s1. The summed E-state index contributed by atoms with van der Waals surface area (Å²) >= 11 is 0. The van der Waals surface area contributed by atoms with Crippen LogP contribution in [-0.2, 0) is 0 Å². The molecule has 2 atom stereocenters. The van der Waals surface area contributed by atoms with E-state index < -0.39 is 0 Å². The van der Waals surface area contributed by atoms with Crippen LogP contribution < -0.4 is 15.8 Å². The Kier molecular flexibility index (Phi) is 4.84. The van der Waals surface area contributed by atoms with Gasteiger partial charge in [0.1, 0.15) is 5.75 Å². The molecule has 5 nitrogen and oxygen atoms in total. The summed E-state index contributed by atoms with van der Waals surface area (Å²) in [6, 6.07) is 4.95. The number of amides is 1. The zero-order valence-electron chi connectivity index (χ0n) is 11.8. The van der Waals surface area contributed by atoms with Crippen LogP contribution in [0.5, 0.6) is 5.75 Å². The molecule has 1 aliphatic rings. The molecule has 0 bridgehead atoms. The Hall–Kier alpha value is -1.75. The smallest absolute Gasteiger partial charge is 0.251 e. The van der Waals surface area contributed by atoms with Crippen LogP contribution in [0, 0.1) is 5.92 Å². The van der Waals surface area contributed by atoms with E-state index in [1.807, 2.05) is 0 Å². The predicted octanol–water partition coefficient (Wildman–Crippen LogP) is 1.56. The van der Waals surface area contributed by atoms with Crippen molar-refractivity contribution in [2.45, 2.75) is 31.8 Å². The minimum atomic E-state index is -0.301. The second kappa shape index (κ2) is 6.61. The number of ether oxygens (including phenoxy) is 1. The molecule has 0 heterocycles. The van der Waals surface area contributed by atoms with Gasteiger partial charge in [-0.05, 0) is 31.0 Å². The minimum absolute atomic E-state index is 0.156. The first-order valence-electron chi connectivity index (χ1n) is 7.01. The summed E-state index contributed by atoms with van der Waals surface area (Å²) in [4.78, 5) is 12.1. The quantitative estimate of drug-likeness (QED) is 0.730. The van der Waals surface area contributed by atoms with Crippen molar-refractivity contribution in [3.8, 4) is 5.75 Å². The van der Waals surface area contributed by atoms with Crippen LogP contribution in [0.1, 0.15) is 36.0 Å². The first-order valence-corrected chi connectivity index (χ1v) is 7.01. The number of nitrogens with two attached hydrogens (primary N) is 1. The number of aliphatic hydroxyl groups is 1. The van der Waals surface area contributed by atoms with E-state index in [4.69, 9.17) is 10.5 Å². The molecule has 1 amide bonds. The molecular formula is C15H22N2O3. The highest BCUT2D eigenvalue weighted by atomic mass is 16.5. The number of hydrogen-bond donors (Lipinski definition) is 3. The van der Waals surface area contributed by atoms with Crippen LogP contribution in [0.15, 0.2) is 18.2 Å². The second-order valence-electron chi connectivity index (χ2n) is 5.28. The molecule has 1 aromatic rings. The number of aliphatic hydroxyl groups excluding tert-OH is 1. The SMILES string of the molecule is COc1cc(C(=O)NC[C@@H]2CCCC[C@H]2O)ccc1N. The fraction of sp³-hybridized carbons (Fsp3) is 0.533. The summed E-state index contributed by atoms with van der Waals surface area (Å²) in [6.07, 6.45) is 3.68. The highest BCUT2D eigenvalue weighted by Gasteiger charge is 2.23. The van der Waals surface area contributed by atoms with Gasteiger partial charge < -0.3 is 20.9 Å². The maximum Gasteiger partial charge on any atom is 0.251 e. The van der Waals surface area contributed by atoms with Crippen molar-refractivity contribution < 1.29 is 14.6 Å². The summed E-state index contributed by atoms with van der Waals surface area (Å²) in [5, 5.41) is 12.8. The van der Waals surface area contributed by atoms with Crippen molar-refractivity contribution in [1.29, 1.82) is 0 Å². The van der Waals surface area contributed by atoms with E-state index in [1.165, 1.54) is 7.11 Å². The van der Waals surface area contributed by atoms with Crippen LogP contribution >= 0.6 is 0 Å².